The third-order valence-electron chi connectivity index (χ3n) is 2.13. The number of halogens is 1. The minimum Gasteiger partial charge on any atom is -0.266 e. The van der Waals surface area contributed by atoms with Crippen LogP contribution in [0.25, 0.3) is 0 Å². The van der Waals surface area contributed by atoms with Gasteiger partial charge in [-0.25, -0.2) is 5.43 Å². The highest BCUT2D eigenvalue weighted by molar-refractivity contribution is 9.10. The lowest BCUT2D eigenvalue weighted by Gasteiger charge is -1.98. The molecule has 1 amide bonds. The molecule has 0 bridgehead atoms. The first kappa shape index (κ1) is 12.8. The Labute approximate surface area is 116 Å². The Hall–Kier alpha value is -1.60. The van der Waals surface area contributed by atoms with Crippen molar-refractivity contribution in [2.45, 2.75) is 6.92 Å². The highest BCUT2D eigenvalue weighted by Crippen LogP contribution is 2.13. The van der Waals surface area contributed by atoms with Gasteiger partial charge in [-0.1, -0.05) is 38.6 Å². The number of aryl methyl sites for hydroxylation is 1. The predicted octanol–water partition coefficient (Wildman–Crippen LogP) is 2.37. The SMILES string of the molecule is Cc1nnsc1C(=O)N/N=C/c1ccccc1Br. The molecule has 0 saturated heterocycles. The largest absolute Gasteiger partial charge is 0.285 e. The molecule has 0 unspecified atom stereocenters. The lowest BCUT2D eigenvalue weighted by molar-refractivity contribution is 0.0958. The van der Waals surface area contributed by atoms with Crippen LogP contribution in [0, 0.1) is 6.92 Å². The van der Waals surface area contributed by atoms with Crippen molar-refractivity contribution < 1.29 is 4.79 Å². The summed E-state index contributed by atoms with van der Waals surface area (Å²) in [5.74, 6) is -0.300. The van der Waals surface area contributed by atoms with Gasteiger partial charge in [-0.05, 0) is 24.5 Å². The van der Waals surface area contributed by atoms with Gasteiger partial charge >= 0.3 is 0 Å². The second-order valence-electron chi connectivity index (χ2n) is 3.41. The van der Waals surface area contributed by atoms with E-state index < -0.39 is 0 Å². The molecule has 2 rings (SSSR count). The van der Waals surface area contributed by atoms with Gasteiger partial charge in [-0.15, -0.1) is 5.10 Å². The molecule has 0 atom stereocenters. The zero-order valence-corrected chi connectivity index (χ0v) is 11.8. The molecular weight excluding hydrogens is 316 g/mol. The molecule has 0 aliphatic carbocycles. The molecule has 1 heterocycles. The van der Waals surface area contributed by atoms with Crippen LogP contribution in [0.5, 0.6) is 0 Å². The first-order valence-corrected chi connectivity index (χ1v) is 6.62. The summed E-state index contributed by atoms with van der Waals surface area (Å²) >= 11 is 4.44. The third-order valence-corrected chi connectivity index (χ3v) is 3.68. The Balaban J connectivity index is 2.03. The van der Waals surface area contributed by atoms with Gasteiger partial charge in [0.05, 0.1) is 11.9 Å². The van der Waals surface area contributed by atoms with Crippen LogP contribution in [0.1, 0.15) is 20.9 Å². The molecule has 0 fully saturated rings. The summed E-state index contributed by atoms with van der Waals surface area (Å²) in [6, 6.07) is 7.59. The van der Waals surface area contributed by atoms with Crippen LogP contribution < -0.4 is 5.43 Å². The molecule has 0 spiro atoms. The number of carbonyl (C=O) groups is 1. The van der Waals surface area contributed by atoms with Crippen molar-refractivity contribution in [3.8, 4) is 0 Å². The van der Waals surface area contributed by atoms with Crippen LogP contribution in [0.4, 0.5) is 0 Å². The highest BCUT2D eigenvalue weighted by Gasteiger charge is 2.11. The van der Waals surface area contributed by atoms with E-state index in [4.69, 9.17) is 0 Å². The molecule has 0 saturated carbocycles. The van der Waals surface area contributed by atoms with Crippen LogP contribution >= 0.6 is 27.5 Å². The van der Waals surface area contributed by atoms with Gasteiger partial charge in [0.2, 0.25) is 0 Å². The number of hydrazone groups is 1. The first-order valence-electron chi connectivity index (χ1n) is 5.05. The maximum Gasteiger partial charge on any atom is 0.285 e. The van der Waals surface area contributed by atoms with E-state index in [1.807, 2.05) is 24.3 Å². The molecule has 1 N–H and O–H groups in total. The minimum atomic E-state index is -0.300. The average molecular weight is 325 g/mol. The summed E-state index contributed by atoms with van der Waals surface area (Å²) < 4.78 is 4.61. The number of benzene rings is 1. The van der Waals surface area contributed by atoms with Gasteiger partial charge in [0.15, 0.2) is 0 Å². The zero-order valence-electron chi connectivity index (χ0n) is 9.42. The number of carbonyl (C=O) groups excluding carboxylic acids is 1. The fraction of sp³-hybridized carbons (Fsp3) is 0.0909. The van der Waals surface area contributed by atoms with Gasteiger partial charge in [0.25, 0.3) is 5.91 Å². The maximum absolute atomic E-state index is 11.7. The lowest BCUT2D eigenvalue weighted by Crippen LogP contribution is -2.17. The standard InChI is InChI=1S/C11H9BrN4OS/c1-7-10(18-16-14-7)11(17)15-13-6-8-4-2-3-5-9(8)12/h2-6H,1H3,(H,15,17)/b13-6+. The molecule has 1 aromatic heterocycles. The maximum atomic E-state index is 11.7. The minimum absolute atomic E-state index is 0.300. The molecule has 2 aromatic rings. The van der Waals surface area contributed by atoms with Crippen LogP contribution in [0.15, 0.2) is 33.8 Å². The molecule has 0 aliphatic rings. The summed E-state index contributed by atoms with van der Waals surface area (Å²) in [6.07, 6.45) is 1.58. The molecule has 5 nitrogen and oxygen atoms in total. The van der Waals surface area contributed by atoms with Crippen molar-refractivity contribution in [3.63, 3.8) is 0 Å². The summed E-state index contributed by atoms with van der Waals surface area (Å²) in [6.45, 7) is 1.73. The van der Waals surface area contributed by atoms with Crippen LogP contribution in [-0.4, -0.2) is 21.7 Å². The average Bonchev–Trinajstić information content (AvgIpc) is 2.78. The molecular formula is C11H9BrN4OS. The second kappa shape index (κ2) is 5.83. The summed E-state index contributed by atoms with van der Waals surface area (Å²) in [5.41, 5.74) is 3.93. The van der Waals surface area contributed by atoms with E-state index in [1.165, 1.54) is 0 Å². The van der Waals surface area contributed by atoms with Gasteiger partial charge < -0.3 is 0 Å². The van der Waals surface area contributed by atoms with E-state index in [2.05, 4.69) is 36.0 Å². The van der Waals surface area contributed by atoms with Gasteiger partial charge in [-0.3, -0.25) is 4.79 Å². The fourth-order valence-corrected chi connectivity index (χ4v) is 2.16. The summed E-state index contributed by atoms with van der Waals surface area (Å²) in [4.78, 5) is 12.2. The Morgan fingerprint density at radius 1 is 1.50 bits per heavy atom. The van der Waals surface area contributed by atoms with Gasteiger partial charge in [0.1, 0.15) is 4.88 Å². The number of hydrogen-bond donors (Lipinski definition) is 1. The van der Waals surface area contributed by atoms with Crippen LogP contribution in [0.2, 0.25) is 0 Å². The van der Waals surface area contributed by atoms with E-state index in [-0.39, 0.29) is 5.91 Å². The molecule has 1 aromatic carbocycles. The van der Waals surface area contributed by atoms with E-state index in [9.17, 15) is 4.79 Å². The Morgan fingerprint density at radius 3 is 2.94 bits per heavy atom. The number of hydrogen-bond acceptors (Lipinski definition) is 5. The number of aromatic nitrogens is 2. The fourth-order valence-electron chi connectivity index (χ4n) is 1.23. The Morgan fingerprint density at radius 2 is 2.28 bits per heavy atom. The van der Waals surface area contributed by atoms with Gasteiger partial charge in [-0.2, -0.15) is 5.10 Å². The molecule has 92 valence electrons. The van der Waals surface area contributed by atoms with E-state index >= 15 is 0 Å². The van der Waals surface area contributed by atoms with Crippen molar-refractivity contribution >= 4 is 39.6 Å². The second-order valence-corrected chi connectivity index (χ2v) is 5.02. The van der Waals surface area contributed by atoms with E-state index in [1.54, 1.807) is 13.1 Å². The van der Waals surface area contributed by atoms with Crippen LogP contribution in [-0.2, 0) is 0 Å². The van der Waals surface area contributed by atoms with Crippen molar-refractivity contribution in [1.29, 1.82) is 0 Å². The Bertz CT molecular complexity index is 596. The number of amides is 1. The zero-order chi connectivity index (χ0) is 13.0. The number of nitrogens with one attached hydrogen (secondary N) is 1. The number of nitrogens with zero attached hydrogens (tertiary/aromatic N) is 3. The molecule has 7 heteroatoms. The lowest BCUT2D eigenvalue weighted by atomic mass is 10.2. The normalized spacial score (nSPS) is 10.8. The first-order chi connectivity index (χ1) is 8.68. The van der Waals surface area contributed by atoms with E-state index in [0.717, 1.165) is 21.6 Å². The van der Waals surface area contributed by atoms with Crippen molar-refractivity contribution in [1.82, 2.24) is 15.0 Å². The number of rotatable bonds is 3. The van der Waals surface area contributed by atoms with E-state index in [0.29, 0.717) is 10.6 Å². The smallest absolute Gasteiger partial charge is 0.266 e. The Kier molecular flexibility index (Phi) is 4.16. The molecule has 0 radical (unpaired) electrons. The topological polar surface area (TPSA) is 67.2 Å². The predicted molar refractivity (Wildman–Crippen MR) is 73.8 cm³/mol. The van der Waals surface area contributed by atoms with Crippen molar-refractivity contribution in [3.05, 3.63) is 44.9 Å². The third kappa shape index (κ3) is 2.99. The molecule has 18 heavy (non-hydrogen) atoms. The molecule has 0 aliphatic heterocycles. The highest BCUT2D eigenvalue weighted by atomic mass is 79.9. The monoisotopic (exact) mass is 324 g/mol. The quantitative estimate of drug-likeness (QED) is 0.696. The van der Waals surface area contributed by atoms with Crippen LogP contribution in [0.3, 0.4) is 0 Å². The summed E-state index contributed by atoms with van der Waals surface area (Å²) in [7, 11) is 0. The van der Waals surface area contributed by atoms with Gasteiger partial charge in [0, 0.05) is 10.0 Å². The van der Waals surface area contributed by atoms with Crippen molar-refractivity contribution in [2.24, 2.45) is 5.10 Å². The van der Waals surface area contributed by atoms with Crippen molar-refractivity contribution in [2.75, 3.05) is 0 Å². The summed E-state index contributed by atoms with van der Waals surface area (Å²) in [5, 5.41) is 7.66.